The van der Waals surface area contributed by atoms with E-state index in [1.165, 1.54) is 18.2 Å². The van der Waals surface area contributed by atoms with E-state index in [-0.39, 0.29) is 32.8 Å². The summed E-state index contributed by atoms with van der Waals surface area (Å²) in [6, 6.07) is 7.67. The Hall–Kier alpha value is -2.68. The van der Waals surface area contributed by atoms with Gasteiger partial charge in [-0.25, -0.2) is 14.7 Å². The van der Waals surface area contributed by atoms with Gasteiger partial charge in [-0.1, -0.05) is 40.7 Å². The van der Waals surface area contributed by atoms with Gasteiger partial charge in [-0.2, -0.15) is 8.42 Å². The molecule has 1 aliphatic heterocycles. The molecule has 1 fully saturated rings. The second kappa shape index (κ2) is 7.72. The van der Waals surface area contributed by atoms with E-state index in [0.717, 1.165) is 12.1 Å². The molecule has 0 aliphatic carbocycles. The maximum atomic E-state index is 13.2. The van der Waals surface area contributed by atoms with Gasteiger partial charge in [-0.05, 0) is 49.9 Å². The number of nitrogens with one attached hydrogen (secondary N) is 1. The Kier molecular flexibility index (Phi) is 5.78. The number of carbonyl (C=O) groups is 1. The van der Waals surface area contributed by atoms with Crippen LogP contribution >= 0.6 is 0 Å². The molecule has 0 radical (unpaired) electrons. The zero-order valence-electron chi connectivity index (χ0n) is 19.9. The smallest absolute Gasteiger partial charge is 0.281 e. The number of rotatable bonds is 4. The van der Waals surface area contributed by atoms with Gasteiger partial charge in [0.05, 0.1) is 5.56 Å². The van der Waals surface area contributed by atoms with Crippen molar-refractivity contribution >= 4 is 27.6 Å². The normalized spacial score (nSPS) is 17.9. The molecule has 0 aromatic carbocycles. The van der Waals surface area contributed by atoms with Gasteiger partial charge >= 0.3 is 0 Å². The summed E-state index contributed by atoms with van der Waals surface area (Å²) in [5, 5.41) is -0.311. The third-order valence-corrected chi connectivity index (χ3v) is 6.85. The lowest BCUT2D eigenvalue weighted by atomic mass is 9.86. The molecule has 174 valence electrons. The predicted molar refractivity (Wildman–Crippen MR) is 126 cm³/mol. The van der Waals surface area contributed by atoms with Crippen molar-refractivity contribution in [2.45, 2.75) is 70.9 Å². The van der Waals surface area contributed by atoms with Gasteiger partial charge in [-0.15, -0.1) is 0 Å². The molecular formula is C23H33N5O3S. The quantitative estimate of drug-likeness (QED) is 0.718. The average Bonchev–Trinajstić information content (AvgIpc) is 2.87. The van der Waals surface area contributed by atoms with Crippen molar-refractivity contribution in [2.75, 3.05) is 17.2 Å². The van der Waals surface area contributed by atoms with Crippen LogP contribution in [0.2, 0.25) is 0 Å². The number of aromatic nitrogens is 2. The highest BCUT2D eigenvalue weighted by Crippen LogP contribution is 2.44. The average molecular weight is 460 g/mol. The van der Waals surface area contributed by atoms with Crippen LogP contribution in [0, 0.1) is 5.41 Å². The van der Waals surface area contributed by atoms with Gasteiger partial charge in [-0.3, -0.25) is 4.79 Å². The monoisotopic (exact) mass is 459 g/mol. The van der Waals surface area contributed by atoms with Crippen molar-refractivity contribution < 1.29 is 13.2 Å². The summed E-state index contributed by atoms with van der Waals surface area (Å²) < 4.78 is 27.7. The van der Waals surface area contributed by atoms with E-state index in [9.17, 15) is 13.2 Å². The van der Waals surface area contributed by atoms with Gasteiger partial charge < -0.3 is 10.6 Å². The van der Waals surface area contributed by atoms with Crippen LogP contribution in [0.5, 0.6) is 0 Å². The van der Waals surface area contributed by atoms with Gasteiger partial charge in [0.2, 0.25) is 0 Å². The van der Waals surface area contributed by atoms with E-state index in [2.05, 4.69) is 42.3 Å². The van der Waals surface area contributed by atoms with Gasteiger partial charge in [0.15, 0.2) is 5.03 Å². The second-order valence-electron chi connectivity index (χ2n) is 10.9. The number of sulfonamides is 1. The van der Waals surface area contributed by atoms with Crippen LogP contribution in [-0.2, 0) is 15.4 Å². The summed E-state index contributed by atoms with van der Waals surface area (Å²) in [5.74, 6) is -0.211. The Morgan fingerprint density at radius 1 is 1.09 bits per heavy atom. The Balaban J connectivity index is 2.07. The molecule has 1 saturated heterocycles. The van der Waals surface area contributed by atoms with Crippen LogP contribution in [-0.4, -0.2) is 36.4 Å². The van der Waals surface area contributed by atoms with Crippen LogP contribution in [0.4, 0.5) is 11.6 Å². The van der Waals surface area contributed by atoms with E-state index in [1.807, 2.05) is 20.8 Å². The highest BCUT2D eigenvalue weighted by Gasteiger charge is 2.45. The molecule has 3 N–H and O–H groups in total. The number of anilines is 2. The molecule has 9 heteroatoms. The summed E-state index contributed by atoms with van der Waals surface area (Å²) in [4.78, 5) is 24.0. The first kappa shape index (κ1) is 24.0. The number of nitrogen functional groups attached to an aromatic ring is 1. The molecule has 0 saturated carbocycles. The maximum Gasteiger partial charge on any atom is 0.281 e. The Labute approximate surface area is 190 Å². The van der Waals surface area contributed by atoms with Crippen molar-refractivity contribution in [2.24, 2.45) is 5.41 Å². The summed E-state index contributed by atoms with van der Waals surface area (Å²) in [6.45, 7) is 15.4. The number of amides is 1. The minimum absolute atomic E-state index is 0.0220. The first-order chi connectivity index (χ1) is 14.5. The number of nitrogens with zero attached hydrogens (tertiary/aromatic N) is 3. The summed E-state index contributed by atoms with van der Waals surface area (Å²) in [6.07, 6.45) is 0.911. The minimum Gasteiger partial charge on any atom is -0.384 e. The zero-order valence-corrected chi connectivity index (χ0v) is 20.7. The van der Waals surface area contributed by atoms with E-state index < -0.39 is 15.9 Å². The van der Waals surface area contributed by atoms with Crippen molar-refractivity contribution in [3.8, 4) is 0 Å². The Morgan fingerprint density at radius 2 is 1.75 bits per heavy atom. The zero-order chi connectivity index (χ0) is 24.1. The Bertz CT molecular complexity index is 1150. The largest absolute Gasteiger partial charge is 0.384 e. The van der Waals surface area contributed by atoms with Crippen molar-refractivity contribution in [3.63, 3.8) is 0 Å². The molecule has 1 aliphatic rings. The van der Waals surface area contributed by atoms with Crippen LogP contribution in [0.1, 0.15) is 70.9 Å². The van der Waals surface area contributed by atoms with Crippen molar-refractivity contribution in [3.05, 3.63) is 41.6 Å². The van der Waals surface area contributed by atoms with Crippen LogP contribution in [0.3, 0.4) is 0 Å². The molecule has 3 heterocycles. The number of hydrogen-bond acceptors (Lipinski definition) is 7. The van der Waals surface area contributed by atoms with E-state index in [1.54, 1.807) is 12.1 Å². The molecule has 0 bridgehead atoms. The fraction of sp³-hybridized carbons (Fsp3) is 0.522. The summed E-state index contributed by atoms with van der Waals surface area (Å²) in [5.41, 5.74) is 6.17. The van der Waals surface area contributed by atoms with Crippen LogP contribution in [0.15, 0.2) is 35.4 Å². The molecule has 1 amide bonds. The molecule has 32 heavy (non-hydrogen) atoms. The Morgan fingerprint density at radius 3 is 2.28 bits per heavy atom. The third kappa shape index (κ3) is 4.87. The molecule has 0 spiro atoms. The topological polar surface area (TPSA) is 118 Å². The fourth-order valence-electron chi connectivity index (χ4n) is 4.38. The summed E-state index contributed by atoms with van der Waals surface area (Å²) >= 11 is 0. The molecular weight excluding hydrogens is 426 g/mol. The highest BCUT2D eigenvalue weighted by atomic mass is 32.2. The van der Waals surface area contributed by atoms with E-state index in [0.29, 0.717) is 12.4 Å². The molecule has 2 aromatic heterocycles. The molecule has 0 atom stereocenters. The highest BCUT2D eigenvalue weighted by molar-refractivity contribution is 7.90. The molecule has 3 rings (SSSR count). The lowest BCUT2D eigenvalue weighted by Crippen LogP contribution is -2.41. The molecule has 0 unspecified atom stereocenters. The third-order valence-electron chi connectivity index (χ3n) is 5.62. The first-order valence-corrected chi connectivity index (χ1v) is 12.1. The standard InChI is InChI=1S/C23H33N5O3S/c1-21(2,3)16-12-11-15(19(25-16)28-14-22(4,5)13-23(28,6)7)20(29)27-32(30,31)18-10-8-9-17(24)26-18/h8-12H,13-14H2,1-7H3,(H2,24,26)(H,27,29). The van der Waals surface area contributed by atoms with Crippen molar-refractivity contribution in [1.82, 2.24) is 14.7 Å². The lowest BCUT2D eigenvalue weighted by molar-refractivity contribution is 0.0981. The lowest BCUT2D eigenvalue weighted by Gasteiger charge is -2.34. The molecule has 8 nitrogen and oxygen atoms in total. The minimum atomic E-state index is -4.20. The number of nitrogens with two attached hydrogens (primary N) is 1. The SMILES string of the molecule is CC1(C)CN(c2nc(C(C)(C)C)ccc2C(=O)NS(=O)(=O)c2cccc(N)n2)C(C)(C)C1. The maximum absolute atomic E-state index is 13.2. The first-order valence-electron chi connectivity index (χ1n) is 10.6. The van der Waals surface area contributed by atoms with Crippen LogP contribution in [0.25, 0.3) is 0 Å². The van der Waals surface area contributed by atoms with Gasteiger partial charge in [0.1, 0.15) is 11.6 Å². The predicted octanol–water partition coefficient (Wildman–Crippen LogP) is 3.49. The number of pyridine rings is 2. The van der Waals surface area contributed by atoms with Gasteiger partial charge in [0, 0.05) is 23.2 Å². The number of hydrogen-bond donors (Lipinski definition) is 2. The molecule has 2 aromatic rings. The summed E-state index contributed by atoms with van der Waals surface area (Å²) in [7, 11) is -4.20. The van der Waals surface area contributed by atoms with E-state index in [4.69, 9.17) is 10.7 Å². The van der Waals surface area contributed by atoms with Gasteiger partial charge in [0.25, 0.3) is 15.9 Å². The van der Waals surface area contributed by atoms with Crippen LogP contribution < -0.4 is 15.4 Å². The number of carbonyl (C=O) groups excluding carboxylic acids is 1. The second-order valence-corrected chi connectivity index (χ2v) is 12.5. The van der Waals surface area contributed by atoms with Crippen molar-refractivity contribution in [1.29, 1.82) is 0 Å². The van der Waals surface area contributed by atoms with E-state index >= 15 is 0 Å². The fourth-order valence-corrected chi connectivity index (χ4v) is 5.33.